The van der Waals surface area contributed by atoms with Crippen LogP contribution in [0.3, 0.4) is 0 Å². The summed E-state index contributed by atoms with van der Waals surface area (Å²) < 4.78 is 21.6. The summed E-state index contributed by atoms with van der Waals surface area (Å²) in [5, 5.41) is 2.97. The molecule has 4 aromatic carbocycles. The zero-order valence-corrected chi connectivity index (χ0v) is 17.0. The highest BCUT2D eigenvalue weighted by molar-refractivity contribution is 7.21. The molecular formula is C26H16FNOS. The molecule has 0 spiro atoms. The third kappa shape index (κ3) is 2.57. The first-order valence-electron chi connectivity index (χ1n) is 9.76. The highest BCUT2D eigenvalue weighted by atomic mass is 32.1. The Morgan fingerprint density at radius 1 is 0.800 bits per heavy atom. The van der Waals surface area contributed by atoms with E-state index in [0.717, 1.165) is 59.4 Å². The predicted octanol–water partition coefficient (Wildman–Crippen LogP) is 7.98. The van der Waals surface area contributed by atoms with Gasteiger partial charge in [-0.15, -0.1) is 11.3 Å². The van der Waals surface area contributed by atoms with E-state index in [4.69, 9.17) is 9.40 Å². The monoisotopic (exact) mass is 409 g/mol. The van der Waals surface area contributed by atoms with Gasteiger partial charge in [0.05, 0.1) is 10.2 Å². The smallest absolute Gasteiger partial charge is 0.143 e. The van der Waals surface area contributed by atoms with Crippen LogP contribution in [0.25, 0.3) is 53.9 Å². The quantitative estimate of drug-likeness (QED) is 0.290. The average Bonchev–Trinajstić information content (AvgIpc) is 3.34. The molecule has 30 heavy (non-hydrogen) atoms. The van der Waals surface area contributed by atoms with E-state index in [1.54, 1.807) is 12.1 Å². The van der Waals surface area contributed by atoms with Crippen molar-refractivity contribution in [1.29, 1.82) is 0 Å². The van der Waals surface area contributed by atoms with Gasteiger partial charge in [0.1, 0.15) is 22.0 Å². The molecule has 2 nitrogen and oxygen atoms in total. The second-order valence-electron chi connectivity index (χ2n) is 7.41. The molecule has 0 aliphatic heterocycles. The lowest BCUT2D eigenvalue weighted by Gasteiger charge is -2.04. The Bertz CT molecular complexity index is 1580. The van der Waals surface area contributed by atoms with Crippen LogP contribution in [0.15, 0.2) is 83.3 Å². The van der Waals surface area contributed by atoms with Crippen LogP contribution in [0, 0.1) is 12.7 Å². The zero-order chi connectivity index (χ0) is 20.2. The molecule has 0 aliphatic rings. The van der Waals surface area contributed by atoms with E-state index in [1.807, 2.05) is 54.6 Å². The van der Waals surface area contributed by atoms with Crippen molar-refractivity contribution in [2.24, 2.45) is 0 Å². The van der Waals surface area contributed by atoms with Crippen LogP contribution in [0.2, 0.25) is 0 Å². The number of hydrogen-bond acceptors (Lipinski definition) is 3. The SMILES string of the molecule is Cc1ccccc1-c1nc2c(-c3cccc4c3oc3ccccc34)cc(F)cc2s1. The molecule has 6 rings (SSSR count). The van der Waals surface area contributed by atoms with E-state index in [1.165, 1.54) is 11.3 Å². The molecule has 0 saturated carbocycles. The highest BCUT2D eigenvalue weighted by Gasteiger charge is 2.18. The first-order valence-corrected chi connectivity index (χ1v) is 10.6. The van der Waals surface area contributed by atoms with Gasteiger partial charge in [-0.1, -0.05) is 60.7 Å². The molecule has 144 valence electrons. The molecule has 0 amide bonds. The minimum atomic E-state index is -0.273. The Labute approximate surface area is 176 Å². The van der Waals surface area contributed by atoms with Crippen molar-refractivity contribution in [2.75, 3.05) is 0 Å². The largest absolute Gasteiger partial charge is 0.455 e. The van der Waals surface area contributed by atoms with Crippen molar-refractivity contribution in [1.82, 2.24) is 4.98 Å². The molecule has 4 heteroatoms. The Morgan fingerprint density at radius 3 is 2.47 bits per heavy atom. The summed E-state index contributed by atoms with van der Waals surface area (Å²) in [6, 6.07) is 25.2. The summed E-state index contributed by atoms with van der Waals surface area (Å²) in [7, 11) is 0. The fourth-order valence-electron chi connectivity index (χ4n) is 4.09. The Kier molecular flexibility index (Phi) is 3.77. The van der Waals surface area contributed by atoms with Crippen LogP contribution in [0.1, 0.15) is 5.56 Å². The lowest BCUT2D eigenvalue weighted by atomic mass is 10.0. The van der Waals surface area contributed by atoms with Crippen LogP contribution < -0.4 is 0 Å². The fraction of sp³-hybridized carbons (Fsp3) is 0.0385. The molecule has 6 aromatic rings. The predicted molar refractivity (Wildman–Crippen MR) is 122 cm³/mol. The van der Waals surface area contributed by atoms with Gasteiger partial charge in [0.15, 0.2) is 0 Å². The second-order valence-corrected chi connectivity index (χ2v) is 8.45. The molecule has 2 heterocycles. The Morgan fingerprint density at radius 2 is 1.57 bits per heavy atom. The molecule has 0 aliphatic carbocycles. The number of aromatic nitrogens is 1. The molecule has 0 N–H and O–H groups in total. The maximum Gasteiger partial charge on any atom is 0.143 e. The number of hydrogen-bond donors (Lipinski definition) is 0. The van der Waals surface area contributed by atoms with Gasteiger partial charge in [0.25, 0.3) is 0 Å². The van der Waals surface area contributed by atoms with Crippen molar-refractivity contribution in [3.05, 3.63) is 90.2 Å². The first kappa shape index (κ1) is 17.4. The number of aryl methyl sites for hydroxylation is 1. The van der Waals surface area contributed by atoms with Crippen molar-refractivity contribution < 1.29 is 8.81 Å². The molecule has 0 fully saturated rings. The van der Waals surface area contributed by atoms with Crippen LogP contribution in [-0.2, 0) is 0 Å². The van der Waals surface area contributed by atoms with Crippen molar-refractivity contribution in [2.45, 2.75) is 6.92 Å². The minimum Gasteiger partial charge on any atom is -0.455 e. The normalized spacial score (nSPS) is 11.7. The van der Waals surface area contributed by atoms with Gasteiger partial charge in [-0.3, -0.25) is 0 Å². The van der Waals surface area contributed by atoms with Gasteiger partial charge in [-0.05, 0) is 30.7 Å². The number of benzene rings is 4. The summed E-state index contributed by atoms with van der Waals surface area (Å²) in [6.45, 7) is 2.07. The molecule has 0 unspecified atom stereocenters. The lowest BCUT2D eigenvalue weighted by molar-refractivity contribution is 0.630. The molecule has 0 saturated heterocycles. The molecule has 0 bridgehead atoms. The zero-order valence-electron chi connectivity index (χ0n) is 16.1. The maximum atomic E-state index is 14.6. The topological polar surface area (TPSA) is 26.0 Å². The minimum absolute atomic E-state index is 0.273. The van der Waals surface area contributed by atoms with Gasteiger partial charge in [0, 0.05) is 27.5 Å². The first-order chi connectivity index (χ1) is 14.7. The Hall–Kier alpha value is -3.50. The average molecular weight is 409 g/mol. The summed E-state index contributed by atoms with van der Waals surface area (Å²) in [4.78, 5) is 4.93. The van der Waals surface area contributed by atoms with E-state index in [9.17, 15) is 4.39 Å². The van der Waals surface area contributed by atoms with E-state index in [2.05, 4.69) is 19.1 Å². The summed E-state index contributed by atoms with van der Waals surface area (Å²) in [6.07, 6.45) is 0. The van der Waals surface area contributed by atoms with Gasteiger partial charge in [-0.2, -0.15) is 0 Å². The van der Waals surface area contributed by atoms with Crippen LogP contribution >= 0.6 is 11.3 Å². The Balaban J connectivity index is 1.66. The number of halogens is 1. The van der Waals surface area contributed by atoms with Crippen molar-refractivity contribution in [3.63, 3.8) is 0 Å². The van der Waals surface area contributed by atoms with Crippen molar-refractivity contribution in [3.8, 4) is 21.7 Å². The van der Waals surface area contributed by atoms with E-state index < -0.39 is 0 Å². The van der Waals surface area contributed by atoms with Crippen LogP contribution in [0.5, 0.6) is 0 Å². The van der Waals surface area contributed by atoms with E-state index in [0.29, 0.717) is 0 Å². The lowest BCUT2D eigenvalue weighted by Crippen LogP contribution is -1.85. The summed E-state index contributed by atoms with van der Waals surface area (Å²) >= 11 is 1.52. The number of para-hydroxylation sites is 2. The highest BCUT2D eigenvalue weighted by Crippen LogP contribution is 2.41. The number of rotatable bonds is 2. The maximum absolute atomic E-state index is 14.6. The van der Waals surface area contributed by atoms with E-state index >= 15 is 0 Å². The van der Waals surface area contributed by atoms with Crippen molar-refractivity contribution >= 4 is 43.5 Å². The molecule has 2 aromatic heterocycles. The second kappa shape index (κ2) is 6.51. The third-order valence-corrected chi connectivity index (χ3v) is 6.57. The number of nitrogens with zero attached hydrogens (tertiary/aromatic N) is 1. The fourth-order valence-corrected chi connectivity index (χ4v) is 5.20. The van der Waals surface area contributed by atoms with Gasteiger partial charge < -0.3 is 4.42 Å². The number of thiazole rings is 1. The molecular weight excluding hydrogens is 393 g/mol. The van der Waals surface area contributed by atoms with Crippen LogP contribution in [0.4, 0.5) is 4.39 Å². The van der Waals surface area contributed by atoms with E-state index in [-0.39, 0.29) is 5.82 Å². The summed E-state index contributed by atoms with van der Waals surface area (Å²) in [5.74, 6) is -0.273. The molecule has 0 atom stereocenters. The number of furan rings is 1. The van der Waals surface area contributed by atoms with Gasteiger partial charge in [0.2, 0.25) is 0 Å². The summed E-state index contributed by atoms with van der Waals surface area (Å²) in [5.41, 5.74) is 6.22. The van der Waals surface area contributed by atoms with Gasteiger partial charge in [-0.25, -0.2) is 9.37 Å². The molecule has 0 radical (unpaired) electrons. The van der Waals surface area contributed by atoms with Crippen LogP contribution in [-0.4, -0.2) is 4.98 Å². The standard InChI is InChI=1S/C26H16FNOS/c1-15-7-2-3-8-17(15)26-28-24-21(13-16(27)14-23(24)30-26)20-11-6-10-19-18-9-4-5-12-22(18)29-25(19)20/h2-14H,1H3. The number of fused-ring (bicyclic) bond motifs is 4. The third-order valence-electron chi connectivity index (χ3n) is 5.53. The van der Waals surface area contributed by atoms with Gasteiger partial charge >= 0.3 is 0 Å².